The second kappa shape index (κ2) is 4.27. The van der Waals surface area contributed by atoms with Gasteiger partial charge in [-0.05, 0) is 17.9 Å². The first kappa shape index (κ1) is 9.27. The van der Waals surface area contributed by atoms with Crippen LogP contribution in [0.3, 0.4) is 0 Å². The Hall–Kier alpha value is -0.820. The standard InChI is InChI=1S/C11H16O/c1-9(2)8-11(12)10-6-4-3-5-7-10/h3-7,9,11-12H,8H2,1-2H3. The van der Waals surface area contributed by atoms with Crippen molar-refractivity contribution in [1.29, 1.82) is 0 Å². The van der Waals surface area contributed by atoms with E-state index in [-0.39, 0.29) is 6.10 Å². The third-order valence-electron chi connectivity index (χ3n) is 1.88. The number of hydrogen-bond donors (Lipinski definition) is 1. The second-order valence-corrected chi connectivity index (χ2v) is 3.56. The molecule has 0 saturated carbocycles. The molecule has 1 heteroatoms. The molecule has 1 nitrogen and oxygen atoms in total. The molecule has 1 N–H and O–H groups in total. The van der Waals surface area contributed by atoms with E-state index in [1.165, 1.54) is 0 Å². The summed E-state index contributed by atoms with van der Waals surface area (Å²) in [6.07, 6.45) is 0.537. The Balaban J connectivity index is 2.59. The Kier molecular flexibility index (Phi) is 3.30. The SMILES string of the molecule is CC(C)CC(O)c1ccccc1. The molecule has 0 radical (unpaired) electrons. The minimum atomic E-state index is -0.300. The predicted octanol–water partition coefficient (Wildman–Crippen LogP) is 2.77. The summed E-state index contributed by atoms with van der Waals surface area (Å²) < 4.78 is 0. The topological polar surface area (TPSA) is 20.2 Å². The summed E-state index contributed by atoms with van der Waals surface area (Å²) in [4.78, 5) is 0. The fourth-order valence-corrected chi connectivity index (χ4v) is 1.26. The molecule has 0 aliphatic rings. The zero-order valence-electron chi connectivity index (χ0n) is 7.70. The highest BCUT2D eigenvalue weighted by molar-refractivity contribution is 5.17. The van der Waals surface area contributed by atoms with Crippen LogP contribution in [0, 0.1) is 5.92 Å². The Morgan fingerprint density at radius 3 is 2.25 bits per heavy atom. The van der Waals surface area contributed by atoms with Gasteiger partial charge in [0.05, 0.1) is 6.10 Å². The first-order chi connectivity index (χ1) is 5.70. The Labute approximate surface area is 74.1 Å². The molecule has 0 heterocycles. The Morgan fingerprint density at radius 1 is 1.17 bits per heavy atom. The van der Waals surface area contributed by atoms with Crippen molar-refractivity contribution in [2.24, 2.45) is 5.92 Å². The van der Waals surface area contributed by atoms with Crippen LogP contribution in [0.1, 0.15) is 31.9 Å². The minimum absolute atomic E-state index is 0.300. The van der Waals surface area contributed by atoms with Crippen molar-refractivity contribution >= 4 is 0 Å². The normalized spacial score (nSPS) is 13.3. The van der Waals surface area contributed by atoms with Crippen LogP contribution in [-0.2, 0) is 0 Å². The second-order valence-electron chi connectivity index (χ2n) is 3.56. The van der Waals surface area contributed by atoms with Crippen LogP contribution in [0.15, 0.2) is 30.3 Å². The summed E-state index contributed by atoms with van der Waals surface area (Å²) in [5.74, 6) is 0.542. The third-order valence-corrected chi connectivity index (χ3v) is 1.88. The average molecular weight is 164 g/mol. The van der Waals surface area contributed by atoms with Crippen molar-refractivity contribution in [3.63, 3.8) is 0 Å². The number of benzene rings is 1. The number of aliphatic hydroxyl groups excluding tert-OH is 1. The van der Waals surface area contributed by atoms with Crippen LogP contribution in [-0.4, -0.2) is 5.11 Å². The van der Waals surface area contributed by atoms with Gasteiger partial charge in [0.1, 0.15) is 0 Å². The summed E-state index contributed by atoms with van der Waals surface area (Å²) in [5, 5.41) is 9.69. The van der Waals surface area contributed by atoms with Crippen LogP contribution in [0.25, 0.3) is 0 Å². The van der Waals surface area contributed by atoms with Gasteiger partial charge in [0, 0.05) is 0 Å². The quantitative estimate of drug-likeness (QED) is 0.728. The van der Waals surface area contributed by atoms with Crippen molar-refractivity contribution in [3.05, 3.63) is 35.9 Å². The maximum absolute atomic E-state index is 9.69. The lowest BCUT2D eigenvalue weighted by Gasteiger charge is -2.12. The first-order valence-corrected chi connectivity index (χ1v) is 4.43. The Bertz CT molecular complexity index is 216. The molecular weight excluding hydrogens is 148 g/mol. The number of rotatable bonds is 3. The van der Waals surface area contributed by atoms with E-state index in [4.69, 9.17) is 0 Å². The molecule has 0 aliphatic heterocycles. The lowest BCUT2D eigenvalue weighted by atomic mass is 10.00. The molecule has 1 aromatic carbocycles. The van der Waals surface area contributed by atoms with Crippen LogP contribution in [0.2, 0.25) is 0 Å². The largest absolute Gasteiger partial charge is 0.388 e. The van der Waals surface area contributed by atoms with E-state index >= 15 is 0 Å². The van der Waals surface area contributed by atoms with Gasteiger partial charge >= 0.3 is 0 Å². The lowest BCUT2D eigenvalue weighted by Crippen LogP contribution is -2.01. The van der Waals surface area contributed by atoms with Gasteiger partial charge in [0.25, 0.3) is 0 Å². The van der Waals surface area contributed by atoms with Crippen LogP contribution >= 0.6 is 0 Å². The molecule has 0 amide bonds. The van der Waals surface area contributed by atoms with Gasteiger partial charge in [-0.3, -0.25) is 0 Å². The van der Waals surface area contributed by atoms with Crippen molar-refractivity contribution in [2.45, 2.75) is 26.4 Å². The summed E-state index contributed by atoms with van der Waals surface area (Å²) in [7, 11) is 0. The van der Waals surface area contributed by atoms with Crippen LogP contribution < -0.4 is 0 Å². The monoisotopic (exact) mass is 164 g/mol. The van der Waals surface area contributed by atoms with E-state index in [1.807, 2.05) is 30.3 Å². The van der Waals surface area contributed by atoms with Gasteiger partial charge in [-0.2, -0.15) is 0 Å². The summed E-state index contributed by atoms with van der Waals surface area (Å²) in [6.45, 7) is 4.23. The fraction of sp³-hybridized carbons (Fsp3) is 0.455. The Morgan fingerprint density at radius 2 is 1.75 bits per heavy atom. The third kappa shape index (κ3) is 2.67. The number of aliphatic hydroxyl groups is 1. The molecular formula is C11H16O. The maximum Gasteiger partial charge on any atom is 0.0792 e. The molecule has 0 bridgehead atoms. The molecule has 1 aromatic rings. The zero-order chi connectivity index (χ0) is 8.97. The molecule has 1 unspecified atom stereocenters. The van der Waals surface area contributed by atoms with E-state index in [9.17, 15) is 5.11 Å². The highest BCUT2D eigenvalue weighted by Crippen LogP contribution is 2.19. The molecule has 1 atom stereocenters. The zero-order valence-corrected chi connectivity index (χ0v) is 7.70. The highest BCUT2D eigenvalue weighted by Gasteiger charge is 2.07. The van der Waals surface area contributed by atoms with Gasteiger partial charge in [0.2, 0.25) is 0 Å². The summed E-state index contributed by atoms with van der Waals surface area (Å²) in [5.41, 5.74) is 1.02. The van der Waals surface area contributed by atoms with Crippen molar-refractivity contribution in [3.8, 4) is 0 Å². The molecule has 66 valence electrons. The first-order valence-electron chi connectivity index (χ1n) is 4.43. The van der Waals surface area contributed by atoms with Crippen LogP contribution in [0.4, 0.5) is 0 Å². The molecule has 0 fully saturated rings. The molecule has 12 heavy (non-hydrogen) atoms. The van der Waals surface area contributed by atoms with E-state index < -0.39 is 0 Å². The van der Waals surface area contributed by atoms with Gasteiger partial charge in [-0.15, -0.1) is 0 Å². The van der Waals surface area contributed by atoms with Crippen molar-refractivity contribution in [2.75, 3.05) is 0 Å². The van der Waals surface area contributed by atoms with Gasteiger partial charge in [0.15, 0.2) is 0 Å². The molecule has 1 rings (SSSR count). The van der Waals surface area contributed by atoms with E-state index in [2.05, 4.69) is 13.8 Å². The molecule has 0 aromatic heterocycles. The molecule has 0 spiro atoms. The van der Waals surface area contributed by atoms with Gasteiger partial charge in [-0.1, -0.05) is 44.2 Å². The number of hydrogen-bond acceptors (Lipinski definition) is 1. The fourth-order valence-electron chi connectivity index (χ4n) is 1.26. The smallest absolute Gasteiger partial charge is 0.0792 e. The highest BCUT2D eigenvalue weighted by atomic mass is 16.3. The van der Waals surface area contributed by atoms with E-state index in [1.54, 1.807) is 0 Å². The summed E-state index contributed by atoms with van der Waals surface area (Å²) >= 11 is 0. The van der Waals surface area contributed by atoms with Crippen molar-refractivity contribution < 1.29 is 5.11 Å². The van der Waals surface area contributed by atoms with Crippen molar-refractivity contribution in [1.82, 2.24) is 0 Å². The minimum Gasteiger partial charge on any atom is -0.388 e. The van der Waals surface area contributed by atoms with Crippen LogP contribution in [0.5, 0.6) is 0 Å². The van der Waals surface area contributed by atoms with Gasteiger partial charge in [-0.25, -0.2) is 0 Å². The predicted molar refractivity (Wildman–Crippen MR) is 50.9 cm³/mol. The maximum atomic E-state index is 9.69. The van der Waals surface area contributed by atoms with E-state index in [0.29, 0.717) is 5.92 Å². The van der Waals surface area contributed by atoms with Gasteiger partial charge < -0.3 is 5.11 Å². The summed E-state index contributed by atoms with van der Waals surface area (Å²) in [6, 6.07) is 9.81. The average Bonchev–Trinajstić information content (AvgIpc) is 2.05. The molecule has 0 saturated heterocycles. The molecule has 0 aliphatic carbocycles. The lowest BCUT2D eigenvalue weighted by molar-refractivity contribution is 0.151. The van der Waals surface area contributed by atoms with E-state index in [0.717, 1.165) is 12.0 Å².